The lowest BCUT2D eigenvalue weighted by Crippen LogP contribution is -2.11. The van der Waals surface area contributed by atoms with Crippen molar-refractivity contribution in [3.8, 4) is 5.88 Å². The Bertz CT molecular complexity index is 647. The fraction of sp³-hybridized carbons (Fsp3) is 0.100. The first-order valence-electron chi connectivity index (χ1n) is 5.20. The summed E-state index contributed by atoms with van der Waals surface area (Å²) in [5, 5.41) is 7.29. The van der Waals surface area contributed by atoms with Gasteiger partial charge in [-0.2, -0.15) is 15.1 Å². The molecule has 0 saturated carbocycles. The molecule has 0 aliphatic rings. The van der Waals surface area contributed by atoms with Crippen molar-refractivity contribution in [3.05, 3.63) is 30.4 Å². The van der Waals surface area contributed by atoms with Crippen LogP contribution in [0.1, 0.15) is 5.76 Å². The van der Waals surface area contributed by atoms with Crippen molar-refractivity contribution in [2.24, 2.45) is 5.84 Å². The van der Waals surface area contributed by atoms with Crippen LogP contribution in [0.15, 0.2) is 29.0 Å². The number of anilines is 1. The SMILES string of the molecule is NNc1nc(OCc2ccco2)c2cn[nH]c2n1. The van der Waals surface area contributed by atoms with E-state index in [2.05, 4.69) is 25.6 Å². The van der Waals surface area contributed by atoms with Gasteiger partial charge in [0.1, 0.15) is 17.8 Å². The average molecular weight is 246 g/mol. The van der Waals surface area contributed by atoms with Crippen LogP contribution in [0, 0.1) is 0 Å². The number of nitrogens with two attached hydrogens (primary N) is 1. The smallest absolute Gasteiger partial charge is 0.242 e. The first kappa shape index (κ1) is 10.5. The highest BCUT2D eigenvalue weighted by Crippen LogP contribution is 2.22. The fourth-order valence-corrected chi connectivity index (χ4v) is 1.52. The predicted octanol–water partition coefficient (Wildman–Crippen LogP) is 0.810. The van der Waals surface area contributed by atoms with E-state index in [1.807, 2.05) is 6.07 Å². The molecule has 3 aromatic rings. The molecule has 0 fully saturated rings. The third-order valence-electron chi connectivity index (χ3n) is 2.34. The second kappa shape index (κ2) is 4.34. The number of hydrogen-bond donors (Lipinski definition) is 3. The minimum Gasteiger partial charge on any atom is -0.469 e. The van der Waals surface area contributed by atoms with Gasteiger partial charge in [-0.25, -0.2) is 5.84 Å². The third-order valence-corrected chi connectivity index (χ3v) is 2.34. The van der Waals surface area contributed by atoms with Gasteiger partial charge in [0.2, 0.25) is 11.8 Å². The highest BCUT2D eigenvalue weighted by molar-refractivity contribution is 5.80. The zero-order chi connectivity index (χ0) is 12.4. The van der Waals surface area contributed by atoms with Crippen LogP contribution >= 0.6 is 0 Å². The van der Waals surface area contributed by atoms with Gasteiger partial charge in [-0.15, -0.1) is 0 Å². The monoisotopic (exact) mass is 246 g/mol. The molecule has 92 valence electrons. The van der Waals surface area contributed by atoms with Gasteiger partial charge in [-0.05, 0) is 12.1 Å². The summed E-state index contributed by atoms with van der Waals surface area (Å²) < 4.78 is 10.7. The molecule has 3 rings (SSSR count). The van der Waals surface area contributed by atoms with Crippen molar-refractivity contribution in [1.82, 2.24) is 20.2 Å². The largest absolute Gasteiger partial charge is 0.469 e. The number of nitrogens with zero attached hydrogens (tertiary/aromatic N) is 3. The number of hydrogen-bond acceptors (Lipinski definition) is 7. The quantitative estimate of drug-likeness (QED) is 0.461. The van der Waals surface area contributed by atoms with E-state index in [1.54, 1.807) is 18.5 Å². The molecule has 0 bridgehead atoms. The zero-order valence-electron chi connectivity index (χ0n) is 9.25. The molecule has 8 nitrogen and oxygen atoms in total. The molecule has 0 aliphatic carbocycles. The van der Waals surface area contributed by atoms with Crippen LogP contribution < -0.4 is 16.0 Å². The Morgan fingerprint density at radius 3 is 3.17 bits per heavy atom. The topological polar surface area (TPSA) is 115 Å². The van der Waals surface area contributed by atoms with E-state index in [1.165, 1.54) is 0 Å². The summed E-state index contributed by atoms with van der Waals surface area (Å²) in [5.74, 6) is 6.63. The standard InChI is InChI=1S/C10H10N6O2/c11-15-10-13-8-7(4-12-16-8)9(14-10)18-5-6-2-1-3-17-6/h1-4H,5,11H2,(H2,12,13,14,15,16). The first-order chi connectivity index (χ1) is 8.86. The molecule has 0 unspecified atom stereocenters. The van der Waals surface area contributed by atoms with Crippen LogP contribution in [0.5, 0.6) is 5.88 Å². The number of nitrogens with one attached hydrogen (secondary N) is 2. The molecule has 3 heterocycles. The Kier molecular flexibility index (Phi) is 2.54. The van der Waals surface area contributed by atoms with E-state index in [4.69, 9.17) is 15.0 Å². The van der Waals surface area contributed by atoms with Crippen LogP contribution in [0.25, 0.3) is 11.0 Å². The number of rotatable bonds is 4. The molecule has 0 aromatic carbocycles. The molecule has 3 aromatic heterocycles. The number of nitrogen functional groups attached to an aromatic ring is 1. The molecule has 0 radical (unpaired) electrons. The number of aromatic nitrogens is 4. The molecular weight excluding hydrogens is 236 g/mol. The number of hydrazine groups is 1. The summed E-state index contributed by atoms with van der Waals surface area (Å²) in [4.78, 5) is 8.21. The van der Waals surface area contributed by atoms with Gasteiger partial charge in [0, 0.05) is 0 Å². The molecule has 0 saturated heterocycles. The molecule has 8 heteroatoms. The third kappa shape index (κ3) is 1.84. The predicted molar refractivity (Wildman–Crippen MR) is 62.5 cm³/mol. The lowest BCUT2D eigenvalue weighted by Gasteiger charge is -2.05. The number of aromatic amines is 1. The normalized spacial score (nSPS) is 10.7. The van der Waals surface area contributed by atoms with Crippen molar-refractivity contribution in [2.45, 2.75) is 6.61 Å². The van der Waals surface area contributed by atoms with Crippen molar-refractivity contribution in [1.29, 1.82) is 0 Å². The summed E-state index contributed by atoms with van der Waals surface area (Å²) in [6.45, 7) is 0.272. The maximum Gasteiger partial charge on any atom is 0.242 e. The average Bonchev–Trinajstić information content (AvgIpc) is 3.06. The zero-order valence-corrected chi connectivity index (χ0v) is 9.25. The molecule has 18 heavy (non-hydrogen) atoms. The molecule has 4 N–H and O–H groups in total. The molecule has 0 spiro atoms. The Balaban J connectivity index is 1.92. The van der Waals surface area contributed by atoms with Gasteiger partial charge in [0.05, 0.1) is 12.5 Å². The van der Waals surface area contributed by atoms with Crippen LogP contribution in [0.2, 0.25) is 0 Å². The molecule has 0 aliphatic heterocycles. The minimum atomic E-state index is 0.251. The van der Waals surface area contributed by atoms with Crippen LogP contribution in [-0.2, 0) is 6.61 Å². The lowest BCUT2D eigenvalue weighted by atomic mass is 10.4. The van der Waals surface area contributed by atoms with E-state index in [0.29, 0.717) is 22.7 Å². The number of furan rings is 1. The van der Waals surface area contributed by atoms with E-state index >= 15 is 0 Å². The van der Waals surface area contributed by atoms with Crippen molar-refractivity contribution >= 4 is 17.0 Å². The minimum absolute atomic E-state index is 0.251. The van der Waals surface area contributed by atoms with Gasteiger partial charge < -0.3 is 9.15 Å². The Hall–Kier alpha value is -2.61. The maximum atomic E-state index is 5.56. The van der Waals surface area contributed by atoms with E-state index in [0.717, 1.165) is 0 Å². The maximum absolute atomic E-state index is 5.56. The number of ether oxygens (including phenoxy) is 1. The van der Waals surface area contributed by atoms with Crippen molar-refractivity contribution in [2.75, 3.05) is 5.43 Å². The second-order valence-corrected chi connectivity index (χ2v) is 3.50. The van der Waals surface area contributed by atoms with Gasteiger partial charge in [-0.1, -0.05) is 0 Å². The molecule has 0 atom stereocenters. The highest BCUT2D eigenvalue weighted by Gasteiger charge is 2.10. The molecular formula is C10H10N6O2. The van der Waals surface area contributed by atoms with Gasteiger partial charge in [0.15, 0.2) is 5.65 Å². The van der Waals surface area contributed by atoms with Crippen molar-refractivity contribution in [3.63, 3.8) is 0 Å². The Morgan fingerprint density at radius 1 is 1.44 bits per heavy atom. The number of fused-ring (bicyclic) bond motifs is 1. The van der Waals surface area contributed by atoms with E-state index < -0.39 is 0 Å². The summed E-state index contributed by atoms with van der Waals surface area (Å²) in [6.07, 6.45) is 3.17. The summed E-state index contributed by atoms with van der Waals surface area (Å²) in [5.41, 5.74) is 2.92. The summed E-state index contributed by atoms with van der Waals surface area (Å²) in [6, 6.07) is 3.61. The van der Waals surface area contributed by atoms with Gasteiger partial charge in [0.25, 0.3) is 0 Å². The Labute approximate surface area is 101 Å². The Morgan fingerprint density at radius 2 is 2.39 bits per heavy atom. The first-order valence-corrected chi connectivity index (χ1v) is 5.20. The summed E-state index contributed by atoms with van der Waals surface area (Å²) in [7, 11) is 0. The van der Waals surface area contributed by atoms with Gasteiger partial charge >= 0.3 is 0 Å². The lowest BCUT2D eigenvalue weighted by molar-refractivity contribution is 0.264. The molecule has 0 amide bonds. The van der Waals surface area contributed by atoms with E-state index in [9.17, 15) is 0 Å². The van der Waals surface area contributed by atoms with Crippen molar-refractivity contribution < 1.29 is 9.15 Å². The number of H-pyrrole nitrogens is 1. The highest BCUT2D eigenvalue weighted by atomic mass is 16.5. The van der Waals surface area contributed by atoms with Crippen LogP contribution in [-0.4, -0.2) is 20.2 Å². The second-order valence-electron chi connectivity index (χ2n) is 3.50. The van der Waals surface area contributed by atoms with Crippen LogP contribution in [0.4, 0.5) is 5.95 Å². The summed E-state index contributed by atoms with van der Waals surface area (Å²) >= 11 is 0. The fourth-order valence-electron chi connectivity index (χ4n) is 1.52. The van der Waals surface area contributed by atoms with E-state index in [-0.39, 0.29) is 12.6 Å². The van der Waals surface area contributed by atoms with Crippen LogP contribution in [0.3, 0.4) is 0 Å². The van der Waals surface area contributed by atoms with Gasteiger partial charge in [-0.3, -0.25) is 10.5 Å².